The number of carboxylic acid groups (broad SMARTS) is 1. The highest BCUT2D eigenvalue weighted by Crippen LogP contribution is 2.32. The molecule has 3 aromatic carbocycles. The number of ether oxygens (including phenoxy) is 1. The van der Waals surface area contributed by atoms with Gasteiger partial charge in [0.2, 0.25) is 0 Å². The summed E-state index contributed by atoms with van der Waals surface area (Å²) in [7, 11) is 0. The van der Waals surface area contributed by atoms with Crippen LogP contribution in [-0.4, -0.2) is 32.0 Å². The van der Waals surface area contributed by atoms with Gasteiger partial charge in [-0.1, -0.05) is 67.8 Å². The quantitative estimate of drug-likeness (QED) is 0.212. The minimum absolute atomic E-state index is 0.0325. The number of carbonyl (C=O) groups is 1. The lowest BCUT2D eigenvalue weighted by Gasteiger charge is -2.27. The molecule has 7 heteroatoms. The van der Waals surface area contributed by atoms with Crippen molar-refractivity contribution in [3.63, 3.8) is 0 Å². The van der Waals surface area contributed by atoms with E-state index in [1.54, 1.807) is 4.68 Å². The van der Waals surface area contributed by atoms with Crippen molar-refractivity contribution in [3.8, 4) is 22.6 Å². The highest BCUT2D eigenvalue weighted by Gasteiger charge is 2.26. The third-order valence-electron chi connectivity index (χ3n) is 8.29. The van der Waals surface area contributed by atoms with Crippen molar-refractivity contribution in [3.05, 3.63) is 99.7 Å². The van der Waals surface area contributed by atoms with Crippen molar-refractivity contribution < 1.29 is 14.6 Å². The van der Waals surface area contributed by atoms with Crippen LogP contribution in [0.15, 0.2) is 71.5 Å². The van der Waals surface area contributed by atoms with Crippen molar-refractivity contribution in [2.75, 3.05) is 6.61 Å². The molecule has 1 heterocycles. The van der Waals surface area contributed by atoms with E-state index in [-0.39, 0.29) is 18.2 Å². The van der Waals surface area contributed by atoms with Gasteiger partial charge in [-0.15, -0.1) is 5.10 Å². The molecule has 1 aliphatic carbocycles. The Morgan fingerprint density at radius 1 is 1.00 bits per heavy atom. The zero-order valence-electron chi connectivity index (χ0n) is 24.9. The summed E-state index contributed by atoms with van der Waals surface area (Å²) in [5.41, 5.74) is 5.82. The van der Waals surface area contributed by atoms with Crippen LogP contribution in [0.2, 0.25) is 0 Å². The number of aromatic nitrogens is 3. The number of hydrogen-bond donors (Lipinski definition) is 1. The largest absolute Gasteiger partial charge is 0.494 e. The minimum atomic E-state index is -0.879. The SMILES string of the molecule is CCOc1ccc(-c2ccc(CCCc3nn(-c4ccc(C)cc4)c(=O)n3C3CCCC(C)C3)cc2)cc1CC(=O)O. The van der Waals surface area contributed by atoms with Crippen molar-refractivity contribution in [2.24, 2.45) is 5.92 Å². The fourth-order valence-corrected chi connectivity index (χ4v) is 6.12. The Bertz CT molecular complexity index is 1570. The summed E-state index contributed by atoms with van der Waals surface area (Å²) < 4.78 is 9.20. The molecule has 2 atom stereocenters. The van der Waals surface area contributed by atoms with Crippen LogP contribution in [0.25, 0.3) is 16.8 Å². The summed E-state index contributed by atoms with van der Waals surface area (Å²) >= 11 is 0. The third kappa shape index (κ3) is 6.84. The summed E-state index contributed by atoms with van der Waals surface area (Å²) in [5.74, 6) is 1.22. The molecule has 0 radical (unpaired) electrons. The molecule has 5 rings (SSSR count). The van der Waals surface area contributed by atoms with Crippen LogP contribution in [0.5, 0.6) is 5.75 Å². The fourth-order valence-electron chi connectivity index (χ4n) is 6.12. The van der Waals surface area contributed by atoms with E-state index in [1.165, 1.54) is 12.0 Å². The standard InChI is InChI=1S/C35H41N3O4/c1-4-42-32-20-17-28(22-29(32)23-34(39)40)27-15-13-26(14-16-27)8-6-10-33-36-38(30-18-11-24(2)12-19-30)35(41)37(33)31-9-5-7-25(3)21-31/h11-20,22,25,31H,4-10,21,23H2,1-3H3,(H,39,40). The number of aliphatic carboxylic acids is 1. The highest BCUT2D eigenvalue weighted by molar-refractivity contribution is 5.74. The Morgan fingerprint density at radius 3 is 2.43 bits per heavy atom. The zero-order chi connectivity index (χ0) is 29.6. The van der Waals surface area contributed by atoms with Gasteiger partial charge in [0.25, 0.3) is 0 Å². The predicted octanol–water partition coefficient (Wildman–Crippen LogP) is 6.96. The molecular formula is C35H41N3O4. The predicted molar refractivity (Wildman–Crippen MR) is 166 cm³/mol. The van der Waals surface area contributed by atoms with Crippen LogP contribution < -0.4 is 10.4 Å². The Labute approximate surface area is 247 Å². The van der Waals surface area contributed by atoms with Gasteiger partial charge >= 0.3 is 11.7 Å². The summed E-state index contributed by atoms with van der Waals surface area (Å²) in [5, 5.41) is 14.2. The molecule has 42 heavy (non-hydrogen) atoms. The van der Waals surface area contributed by atoms with E-state index in [2.05, 4.69) is 31.2 Å². The molecule has 0 amide bonds. The Kier molecular flexibility index (Phi) is 9.25. The summed E-state index contributed by atoms with van der Waals surface area (Å²) in [6.45, 7) is 6.71. The smallest absolute Gasteiger partial charge is 0.350 e. The van der Waals surface area contributed by atoms with E-state index >= 15 is 0 Å². The molecule has 0 saturated heterocycles. The van der Waals surface area contributed by atoms with E-state index in [4.69, 9.17) is 9.84 Å². The van der Waals surface area contributed by atoms with Crippen molar-refractivity contribution in [1.82, 2.24) is 14.3 Å². The molecule has 1 N–H and O–H groups in total. The Morgan fingerprint density at radius 2 is 1.74 bits per heavy atom. The second-order valence-electron chi connectivity index (χ2n) is 11.6. The summed E-state index contributed by atoms with van der Waals surface area (Å²) in [6.07, 6.45) is 6.83. The molecule has 4 aromatic rings. The van der Waals surface area contributed by atoms with Crippen LogP contribution in [0.1, 0.15) is 74.5 Å². The van der Waals surface area contributed by atoms with Gasteiger partial charge in [-0.25, -0.2) is 4.79 Å². The van der Waals surface area contributed by atoms with Crippen LogP contribution in [0.3, 0.4) is 0 Å². The average Bonchev–Trinajstić information content (AvgIpc) is 3.30. The van der Waals surface area contributed by atoms with E-state index in [0.29, 0.717) is 23.8 Å². The lowest BCUT2D eigenvalue weighted by molar-refractivity contribution is -0.136. The first-order valence-corrected chi connectivity index (χ1v) is 15.2. The minimum Gasteiger partial charge on any atom is -0.494 e. The number of nitrogens with zero attached hydrogens (tertiary/aromatic N) is 3. The first kappa shape index (κ1) is 29.4. The van der Waals surface area contributed by atoms with Gasteiger partial charge in [-0.3, -0.25) is 9.36 Å². The van der Waals surface area contributed by atoms with Gasteiger partial charge in [0.1, 0.15) is 11.6 Å². The molecule has 1 fully saturated rings. The first-order valence-electron chi connectivity index (χ1n) is 15.2. The van der Waals surface area contributed by atoms with Gasteiger partial charge in [0.15, 0.2) is 0 Å². The molecule has 0 bridgehead atoms. The molecule has 1 aliphatic rings. The van der Waals surface area contributed by atoms with Crippen LogP contribution in [0.4, 0.5) is 0 Å². The molecule has 1 saturated carbocycles. The number of carboxylic acids is 1. The normalized spacial score (nSPS) is 16.8. The monoisotopic (exact) mass is 567 g/mol. The number of benzene rings is 3. The van der Waals surface area contributed by atoms with E-state index < -0.39 is 5.97 Å². The number of hydrogen-bond acceptors (Lipinski definition) is 4. The maximum atomic E-state index is 13.6. The second-order valence-corrected chi connectivity index (χ2v) is 11.6. The second kappa shape index (κ2) is 13.2. The molecule has 1 aromatic heterocycles. The number of rotatable bonds is 11. The summed E-state index contributed by atoms with van der Waals surface area (Å²) in [4.78, 5) is 25.0. The molecule has 7 nitrogen and oxygen atoms in total. The van der Waals surface area contributed by atoms with Gasteiger partial charge < -0.3 is 9.84 Å². The fraction of sp³-hybridized carbons (Fsp3) is 0.400. The van der Waals surface area contributed by atoms with Crippen molar-refractivity contribution in [2.45, 2.75) is 78.2 Å². The average molecular weight is 568 g/mol. The highest BCUT2D eigenvalue weighted by atomic mass is 16.5. The molecule has 0 aliphatic heterocycles. The van der Waals surface area contributed by atoms with Gasteiger partial charge in [-0.05, 0) is 86.4 Å². The maximum absolute atomic E-state index is 13.6. The molecule has 220 valence electrons. The summed E-state index contributed by atoms with van der Waals surface area (Å²) in [6, 6.07) is 22.3. The Balaban J connectivity index is 1.31. The molecular weight excluding hydrogens is 526 g/mol. The molecule has 0 spiro atoms. The van der Waals surface area contributed by atoms with Crippen molar-refractivity contribution >= 4 is 5.97 Å². The van der Waals surface area contributed by atoms with Crippen molar-refractivity contribution in [1.29, 1.82) is 0 Å². The van der Waals surface area contributed by atoms with Gasteiger partial charge in [0.05, 0.1) is 18.7 Å². The van der Waals surface area contributed by atoms with E-state index in [0.717, 1.165) is 66.7 Å². The van der Waals surface area contributed by atoms with Crippen LogP contribution >= 0.6 is 0 Å². The zero-order valence-corrected chi connectivity index (χ0v) is 24.9. The number of aryl methyl sites for hydroxylation is 3. The topological polar surface area (TPSA) is 86.4 Å². The molecule has 2 unspecified atom stereocenters. The van der Waals surface area contributed by atoms with Gasteiger partial charge in [-0.2, -0.15) is 4.68 Å². The third-order valence-corrected chi connectivity index (χ3v) is 8.29. The lowest BCUT2D eigenvalue weighted by atomic mass is 9.87. The Hall–Kier alpha value is -4.13. The van der Waals surface area contributed by atoms with Crippen LogP contribution in [0, 0.1) is 12.8 Å². The van der Waals surface area contributed by atoms with Crippen LogP contribution in [-0.2, 0) is 24.1 Å². The van der Waals surface area contributed by atoms with E-state index in [1.807, 2.05) is 60.9 Å². The first-order chi connectivity index (χ1) is 20.3. The maximum Gasteiger partial charge on any atom is 0.350 e. The van der Waals surface area contributed by atoms with Gasteiger partial charge in [0, 0.05) is 18.0 Å². The van der Waals surface area contributed by atoms with E-state index in [9.17, 15) is 14.7 Å². The lowest BCUT2D eigenvalue weighted by Crippen LogP contribution is -2.30.